The van der Waals surface area contributed by atoms with E-state index >= 15 is 0 Å². The van der Waals surface area contributed by atoms with Gasteiger partial charge in [0, 0.05) is 55.6 Å². The number of likely N-dealkylation sites (tertiary alicyclic amines) is 1. The number of nitrogens with one attached hydrogen (secondary N) is 1. The van der Waals surface area contributed by atoms with Crippen LogP contribution in [0.5, 0.6) is 0 Å². The van der Waals surface area contributed by atoms with Crippen molar-refractivity contribution >= 4 is 28.2 Å². The summed E-state index contributed by atoms with van der Waals surface area (Å²) >= 11 is 1.80. The number of fused-ring (bicyclic) bond motifs is 3. The van der Waals surface area contributed by atoms with Crippen molar-refractivity contribution in [2.45, 2.75) is 95.7 Å². The van der Waals surface area contributed by atoms with Crippen LogP contribution < -0.4 is 5.32 Å². The Hall–Kier alpha value is -2.42. The van der Waals surface area contributed by atoms with Gasteiger partial charge in [0.25, 0.3) is 0 Å². The van der Waals surface area contributed by atoms with E-state index in [1.165, 1.54) is 57.8 Å². The second kappa shape index (κ2) is 11.7. The van der Waals surface area contributed by atoms with Gasteiger partial charge < -0.3 is 24.9 Å². The summed E-state index contributed by atoms with van der Waals surface area (Å²) in [7, 11) is 2.14. The Morgan fingerprint density at radius 1 is 0.909 bits per heavy atom. The second-order valence-electron chi connectivity index (χ2n) is 15.0. The van der Waals surface area contributed by atoms with E-state index in [0.29, 0.717) is 29.8 Å². The smallest absolute Gasteiger partial charge is 0.233 e. The fourth-order valence-corrected chi connectivity index (χ4v) is 10.1. The maximum absolute atomic E-state index is 14.0. The molecular weight excluding hydrogens is 566 g/mol. The zero-order valence-corrected chi connectivity index (χ0v) is 28.2. The Kier molecular flexibility index (Phi) is 8.07. The normalized spacial score (nSPS) is 29.0. The monoisotopic (exact) mass is 617 g/mol. The fourth-order valence-electron chi connectivity index (χ4n) is 8.87. The quantitative estimate of drug-likeness (QED) is 0.443. The Balaban J connectivity index is 1.08. The number of nitrogens with zero attached hydrogens (tertiary/aromatic N) is 4. The third-order valence-electron chi connectivity index (χ3n) is 11.5. The number of rotatable bonds is 7. The van der Waals surface area contributed by atoms with Gasteiger partial charge in [-0.2, -0.15) is 0 Å². The van der Waals surface area contributed by atoms with Crippen molar-refractivity contribution in [1.82, 2.24) is 19.6 Å². The summed E-state index contributed by atoms with van der Waals surface area (Å²) in [6.07, 6.45) is 6.70. The van der Waals surface area contributed by atoms with E-state index < -0.39 is 5.41 Å². The average Bonchev–Trinajstić information content (AvgIpc) is 3.82. The standard InChI is InChI=1S/C36H51N5O2S/c1-23-18-24(2)20-26(19-23)32-29(11-13-39-12-10-25(22-39)34(42)40-16-14-38(5)15-17-40)30-21-31(44-33(30)37-32)36(3,4)35(43)41-27-6-7-28(41)9-8-27/h18-21,25,27-29,32,37H,6-17,22H2,1-5H3. The van der Waals surface area contributed by atoms with E-state index in [9.17, 15) is 9.59 Å². The van der Waals surface area contributed by atoms with Crippen molar-refractivity contribution in [3.8, 4) is 0 Å². The van der Waals surface area contributed by atoms with Gasteiger partial charge in [0.05, 0.1) is 22.4 Å². The summed E-state index contributed by atoms with van der Waals surface area (Å²) in [5.41, 5.74) is 4.81. The van der Waals surface area contributed by atoms with Crippen LogP contribution in [-0.4, -0.2) is 96.4 Å². The molecule has 7 rings (SSSR count). The minimum Gasteiger partial charge on any atom is -0.369 e. The van der Waals surface area contributed by atoms with E-state index in [-0.39, 0.29) is 12.0 Å². The van der Waals surface area contributed by atoms with Crippen LogP contribution in [0, 0.1) is 19.8 Å². The Bertz CT molecular complexity index is 1370. The van der Waals surface area contributed by atoms with E-state index in [4.69, 9.17) is 0 Å². The van der Waals surface area contributed by atoms with E-state index in [1.54, 1.807) is 11.3 Å². The molecule has 0 saturated carbocycles. The Morgan fingerprint density at radius 2 is 1.57 bits per heavy atom. The van der Waals surface area contributed by atoms with Crippen molar-refractivity contribution in [3.63, 3.8) is 0 Å². The molecule has 1 N–H and O–H groups in total. The van der Waals surface area contributed by atoms with Crippen molar-refractivity contribution in [2.24, 2.45) is 5.92 Å². The molecule has 4 fully saturated rings. The van der Waals surface area contributed by atoms with Crippen LogP contribution >= 0.6 is 11.3 Å². The predicted octanol–water partition coefficient (Wildman–Crippen LogP) is 5.53. The highest BCUT2D eigenvalue weighted by Gasteiger charge is 2.48. The molecule has 44 heavy (non-hydrogen) atoms. The molecule has 6 heterocycles. The van der Waals surface area contributed by atoms with Gasteiger partial charge in [0.15, 0.2) is 0 Å². The van der Waals surface area contributed by atoms with Gasteiger partial charge in [-0.3, -0.25) is 9.59 Å². The van der Waals surface area contributed by atoms with Crippen LogP contribution in [0.25, 0.3) is 0 Å². The SMILES string of the molecule is Cc1cc(C)cc(C2Nc3sc(C(C)(C)C(=O)N4C5CCC4CC5)cc3C2CCN2CCC(C(=O)N3CCN(C)CC3)C2)c1. The molecule has 4 saturated heterocycles. The van der Waals surface area contributed by atoms with E-state index in [2.05, 4.69) is 83.9 Å². The third kappa shape index (κ3) is 5.49. The number of carbonyl (C=O) groups excluding carboxylic acids is 2. The maximum atomic E-state index is 14.0. The van der Waals surface area contributed by atoms with E-state index in [1.807, 2.05) is 0 Å². The molecule has 3 unspecified atom stereocenters. The van der Waals surface area contributed by atoms with Gasteiger partial charge >= 0.3 is 0 Å². The summed E-state index contributed by atoms with van der Waals surface area (Å²) in [5.74, 6) is 1.14. The lowest BCUT2D eigenvalue weighted by Crippen LogP contribution is -2.49. The second-order valence-corrected chi connectivity index (χ2v) is 16.1. The van der Waals surface area contributed by atoms with Crippen molar-refractivity contribution in [2.75, 3.05) is 58.2 Å². The van der Waals surface area contributed by atoms with Gasteiger partial charge in [-0.15, -0.1) is 11.3 Å². The topological polar surface area (TPSA) is 59.1 Å². The van der Waals surface area contributed by atoms with Crippen LogP contribution in [0.1, 0.15) is 91.5 Å². The van der Waals surface area contributed by atoms with Gasteiger partial charge in [-0.1, -0.05) is 29.3 Å². The van der Waals surface area contributed by atoms with Gasteiger partial charge in [-0.25, -0.2) is 0 Å². The lowest BCUT2D eigenvalue weighted by molar-refractivity contribution is -0.137. The van der Waals surface area contributed by atoms with Crippen molar-refractivity contribution in [3.05, 3.63) is 51.4 Å². The molecule has 1 aromatic carbocycles. The summed E-state index contributed by atoms with van der Waals surface area (Å²) in [6.45, 7) is 15.2. The minimum atomic E-state index is -0.520. The molecular formula is C36H51N5O2S. The molecule has 1 aromatic heterocycles. The Morgan fingerprint density at radius 3 is 2.23 bits per heavy atom. The minimum absolute atomic E-state index is 0.131. The molecule has 7 nitrogen and oxygen atoms in total. The maximum Gasteiger partial charge on any atom is 0.233 e. The van der Waals surface area contributed by atoms with Gasteiger partial charge in [0.1, 0.15) is 0 Å². The summed E-state index contributed by atoms with van der Waals surface area (Å²) in [6, 6.07) is 10.4. The predicted molar refractivity (Wildman–Crippen MR) is 178 cm³/mol. The average molecular weight is 618 g/mol. The molecule has 238 valence electrons. The molecule has 5 aliphatic rings. The van der Waals surface area contributed by atoms with Crippen LogP contribution in [-0.2, 0) is 15.0 Å². The molecule has 5 aliphatic heterocycles. The number of hydrogen-bond donors (Lipinski definition) is 1. The molecule has 2 aromatic rings. The van der Waals surface area contributed by atoms with Crippen LogP contribution in [0.4, 0.5) is 5.00 Å². The van der Waals surface area contributed by atoms with Gasteiger partial charge in [0.2, 0.25) is 11.8 Å². The fraction of sp³-hybridized carbons (Fsp3) is 0.667. The summed E-state index contributed by atoms with van der Waals surface area (Å²) < 4.78 is 0. The van der Waals surface area contributed by atoms with E-state index in [0.717, 1.165) is 58.7 Å². The number of benzene rings is 1. The molecule has 2 amide bonds. The molecule has 8 heteroatoms. The zero-order chi connectivity index (χ0) is 30.7. The first kappa shape index (κ1) is 30.2. The number of aryl methyl sites for hydroxylation is 2. The largest absolute Gasteiger partial charge is 0.369 e. The first-order chi connectivity index (χ1) is 21.1. The first-order valence-electron chi connectivity index (χ1n) is 17.1. The number of thiophene rings is 1. The number of anilines is 1. The highest BCUT2D eigenvalue weighted by atomic mass is 32.1. The molecule has 0 aliphatic carbocycles. The van der Waals surface area contributed by atoms with Gasteiger partial charge in [-0.05, 0) is 104 Å². The molecule has 0 spiro atoms. The van der Waals surface area contributed by atoms with Crippen molar-refractivity contribution < 1.29 is 9.59 Å². The number of hydrogen-bond acceptors (Lipinski definition) is 6. The number of amides is 2. The summed E-state index contributed by atoms with van der Waals surface area (Å²) in [4.78, 5) is 37.7. The summed E-state index contributed by atoms with van der Waals surface area (Å²) in [5, 5.41) is 5.19. The number of likely N-dealkylation sites (N-methyl/N-ethyl adjacent to an activating group) is 1. The highest BCUT2D eigenvalue weighted by molar-refractivity contribution is 7.16. The van der Waals surface area contributed by atoms with Crippen LogP contribution in [0.2, 0.25) is 0 Å². The molecule has 2 bridgehead atoms. The zero-order valence-electron chi connectivity index (χ0n) is 27.4. The highest BCUT2D eigenvalue weighted by Crippen LogP contribution is 2.53. The van der Waals surface area contributed by atoms with Crippen molar-refractivity contribution in [1.29, 1.82) is 0 Å². The third-order valence-corrected chi connectivity index (χ3v) is 12.9. The number of piperazine rings is 1. The lowest BCUT2D eigenvalue weighted by Gasteiger charge is -2.34. The first-order valence-corrected chi connectivity index (χ1v) is 17.9. The molecule has 3 atom stereocenters. The molecule has 0 radical (unpaired) electrons. The van der Waals surface area contributed by atoms with Crippen LogP contribution in [0.15, 0.2) is 24.3 Å². The Labute approximate surface area is 268 Å². The number of carbonyl (C=O) groups is 2. The van der Waals surface area contributed by atoms with Crippen LogP contribution in [0.3, 0.4) is 0 Å². The lowest BCUT2D eigenvalue weighted by atomic mass is 9.84.